The average molecular weight is 2000 g/mol. The number of hydrogen-bond donors (Lipinski definition) is 0. The summed E-state index contributed by atoms with van der Waals surface area (Å²) in [6.07, 6.45) is 27.3. The van der Waals surface area contributed by atoms with Crippen molar-refractivity contribution in [3.63, 3.8) is 0 Å². The molecule has 0 fully saturated rings. The SMILES string of the molecule is CCCCCCC1(CCCCCC)c2ccccc2-c2ccc(-c3ccc4c(c3)C(C)(C)c3cc(-c5ccc6c(c5)C(C)(C)c5cc(-c7ccc8c(c7)c7cc(-c9ccc%10c(c9)C(C)(C)c9cc(-c%11ccc%12c(c%11)C(C)(C)c%11cc(-c%13ccc%14c(c%13)C(CCCCCC)(CCCCCC)c%13ccccc%13-%14)ccc%11-%12)ccc9-%10)ccc7n8-c7cc[c-]c(-c8nccc9ccccc89)c7)ccc5-6)ccc3-4)cc21.[Ir]. The fourth-order valence-electron chi connectivity index (χ4n) is 27.1. The third kappa shape index (κ3) is 14.6. The van der Waals surface area contributed by atoms with Gasteiger partial charge in [0.1, 0.15) is 0 Å². The minimum atomic E-state index is -0.262. The van der Waals surface area contributed by atoms with Crippen molar-refractivity contribution < 1.29 is 20.1 Å². The largest absolute Gasteiger partial charge is 0.327 e. The van der Waals surface area contributed by atoms with E-state index in [2.05, 4.69) is 409 Å². The number of nitrogens with zero attached hydrogens (tertiary/aromatic N) is 2. The second-order valence-electron chi connectivity index (χ2n) is 44.2. The standard InChI is InChI=1S/C137H129N2.Ir/c1-13-17-21-31-69-136(70-32-22-18-14-2)117-42-29-27-40-103(117)113-64-52-98(85-127(113)136)96-50-62-111-109-60-48-94(81-123(109)134(9,10)125(111)83-96)92-46-58-107-105-56-44-90(77-119(105)132(5,6)121(107)79-92)88-54-66-129-115(75-88)116-76-89(55-67-130(116)139(129)101-38-35-37-100(74-101)131-102-39-26-25-36-87(102)68-73-138-131)91-45-57-106-108-59-47-93(80-122(108)133(7,8)120(106)78-91)95-49-61-110-112-63-51-97(84-126(112)135(11,12)124(110)82-95)99-53-65-114-104-41-28-30-43-118(104)137(128(114)86-99,71-33-23-19-15-3)72-34-24-20-16-4;/h25-30,35-36,38-68,73-86H,13-24,31-34,69-72H2,1-12H3;/q-1;. The van der Waals surface area contributed by atoms with Gasteiger partial charge in [-0.1, -0.05) is 392 Å². The van der Waals surface area contributed by atoms with E-state index in [1.165, 1.54) is 317 Å². The molecule has 6 aliphatic rings. The smallest absolute Gasteiger partial charge is 0.0524 e. The predicted octanol–water partition coefficient (Wildman–Crippen LogP) is 38.4. The Morgan fingerprint density at radius 3 is 0.814 bits per heavy atom. The van der Waals surface area contributed by atoms with Gasteiger partial charge in [0, 0.05) is 69.6 Å². The number of benzene rings is 16. The van der Waals surface area contributed by atoms with E-state index in [-0.39, 0.29) is 52.6 Å². The van der Waals surface area contributed by atoms with Gasteiger partial charge in [-0.05, 0) is 339 Å². The Hall–Kier alpha value is -12.6. The van der Waals surface area contributed by atoms with E-state index < -0.39 is 0 Å². The summed E-state index contributed by atoms with van der Waals surface area (Å²) in [7, 11) is 0. The zero-order valence-electron chi connectivity index (χ0n) is 84.0. The van der Waals surface area contributed by atoms with Crippen molar-refractivity contribution in [3.05, 3.63) is 394 Å². The molecular formula is C137H129IrN2-. The van der Waals surface area contributed by atoms with Crippen LogP contribution in [0.2, 0.25) is 0 Å². The van der Waals surface area contributed by atoms with Crippen molar-refractivity contribution >= 4 is 32.6 Å². The summed E-state index contributed by atoms with van der Waals surface area (Å²) < 4.78 is 2.47. The summed E-state index contributed by atoms with van der Waals surface area (Å²) in [6, 6.07) is 128. The van der Waals surface area contributed by atoms with E-state index in [0.717, 1.165) is 38.8 Å². The molecule has 0 saturated carbocycles. The molecule has 2 heterocycles. The Morgan fingerprint density at radius 2 is 0.500 bits per heavy atom. The third-order valence-corrected chi connectivity index (χ3v) is 34.8. The third-order valence-electron chi connectivity index (χ3n) is 34.8. The van der Waals surface area contributed by atoms with Crippen LogP contribution in [0.15, 0.2) is 322 Å². The van der Waals surface area contributed by atoms with Crippen LogP contribution in [0, 0.1) is 6.07 Å². The first-order valence-electron chi connectivity index (χ1n) is 52.8. The number of fused-ring (bicyclic) bond motifs is 22. The fraction of sp³-hybridized carbons (Fsp3) is 0.277. The van der Waals surface area contributed by atoms with Crippen LogP contribution in [-0.4, -0.2) is 9.55 Å². The van der Waals surface area contributed by atoms with Gasteiger partial charge < -0.3 is 9.55 Å². The second-order valence-corrected chi connectivity index (χ2v) is 44.2. The molecule has 1 radical (unpaired) electrons. The Balaban J connectivity index is 0.0000109. The van der Waals surface area contributed by atoms with Gasteiger partial charge >= 0.3 is 0 Å². The van der Waals surface area contributed by atoms with Gasteiger partial charge in [0.25, 0.3) is 0 Å². The molecule has 6 aliphatic carbocycles. The van der Waals surface area contributed by atoms with E-state index in [0.29, 0.717) is 0 Å². The first kappa shape index (κ1) is 91.2. The Bertz CT molecular complexity index is 7580. The van der Waals surface area contributed by atoms with Gasteiger partial charge in [-0.3, -0.25) is 0 Å². The topological polar surface area (TPSA) is 17.8 Å². The Morgan fingerprint density at radius 1 is 0.236 bits per heavy atom. The van der Waals surface area contributed by atoms with E-state index >= 15 is 0 Å². The van der Waals surface area contributed by atoms with E-state index in [1.807, 2.05) is 6.20 Å². The number of rotatable bonds is 28. The monoisotopic (exact) mass is 1990 g/mol. The molecule has 2 nitrogen and oxygen atoms in total. The van der Waals surface area contributed by atoms with Crippen molar-refractivity contribution in [1.82, 2.24) is 9.55 Å². The zero-order valence-corrected chi connectivity index (χ0v) is 86.4. The van der Waals surface area contributed by atoms with Gasteiger partial charge in [-0.25, -0.2) is 0 Å². The summed E-state index contributed by atoms with van der Waals surface area (Å²) in [5.41, 5.74) is 53.5. The normalized spacial score (nSPS) is 15.1. The van der Waals surface area contributed by atoms with Gasteiger partial charge in [0.15, 0.2) is 0 Å². The predicted molar refractivity (Wildman–Crippen MR) is 591 cm³/mol. The molecule has 0 bridgehead atoms. The molecule has 0 amide bonds. The van der Waals surface area contributed by atoms with Gasteiger partial charge in [0.2, 0.25) is 0 Å². The van der Waals surface area contributed by atoms with Crippen LogP contribution in [0.1, 0.15) is 278 Å². The molecule has 16 aromatic carbocycles. The Kier molecular flexibility index (Phi) is 23.2. The van der Waals surface area contributed by atoms with Crippen LogP contribution in [0.25, 0.3) is 183 Å². The molecule has 3 heteroatoms. The summed E-state index contributed by atoms with van der Waals surface area (Å²) in [5.74, 6) is 0. The number of aromatic nitrogens is 2. The van der Waals surface area contributed by atoms with Crippen molar-refractivity contribution in [2.75, 3.05) is 0 Å². The first-order valence-corrected chi connectivity index (χ1v) is 52.8. The first-order chi connectivity index (χ1) is 67.7. The van der Waals surface area contributed by atoms with Crippen LogP contribution in [0.5, 0.6) is 0 Å². The number of unbranched alkanes of at least 4 members (excludes halogenated alkanes) is 12. The van der Waals surface area contributed by atoms with Crippen LogP contribution in [0.3, 0.4) is 0 Å². The molecule has 24 rings (SSSR count). The maximum Gasteiger partial charge on any atom is 0.0524 e. The summed E-state index contributed by atoms with van der Waals surface area (Å²) >= 11 is 0. The minimum absolute atomic E-state index is 0. The van der Waals surface area contributed by atoms with Gasteiger partial charge in [-0.15, -0.1) is 29.8 Å². The van der Waals surface area contributed by atoms with Crippen molar-refractivity contribution in [3.8, 4) is 150 Å². The van der Waals surface area contributed by atoms with Crippen molar-refractivity contribution in [2.45, 2.75) is 244 Å². The van der Waals surface area contributed by atoms with Gasteiger partial charge in [-0.2, -0.15) is 0 Å². The molecule has 0 spiro atoms. The number of hydrogen-bond acceptors (Lipinski definition) is 1. The molecular weight excluding hydrogens is 1870 g/mol. The molecule has 0 N–H and O–H groups in total. The van der Waals surface area contributed by atoms with Crippen LogP contribution in [-0.2, 0) is 52.6 Å². The van der Waals surface area contributed by atoms with Crippen molar-refractivity contribution in [2.24, 2.45) is 0 Å². The summed E-state index contributed by atoms with van der Waals surface area (Å²) in [4.78, 5) is 5.03. The molecule has 0 aliphatic heterocycles. The van der Waals surface area contributed by atoms with E-state index in [9.17, 15) is 0 Å². The second kappa shape index (κ2) is 35.6. The summed E-state index contributed by atoms with van der Waals surface area (Å²) in [5, 5.41) is 4.70. The fourth-order valence-corrected chi connectivity index (χ4v) is 27.1. The molecule has 18 aromatic rings. The van der Waals surface area contributed by atoms with Crippen LogP contribution >= 0.6 is 0 Å². The average Bonchev–Trinajstić information content (AvgIpc) is 1.56. The maximum atomic E-state index is 5.03. The number of pyridine rings is 1. The molecule has 140 heavy (non-hydrogen) atoms. The quantitative estimate of drug-likeness (QED) is 0.0353. The zero-order chi connectivity index (χ0) is 94.6. The molecule has 0 saturated heterocycles. The molecule has 697 valence electrons. The van der Waals surface area contributed by atoms with Crippen molar-refractivity contribution in [1.29, 1.82) is 0 Å². The van der Waals surface area contributed by atoms with Gasteiger partial charge in [0.05, 0.1) is 11.0 Å². The molecule has 2 aromatic heterocycles. The van der Waals surface area contributed by atoms with Crippen LogP contribution in [0.4, 0.5) is 0 Å². The Labute approximate surface area is 844 Å². The molecule has 0 atom stereocenters. The van der Waals surface area contributed by atoms with Crippen LogP contribution < -0.4 is 0 Å². The van der Waals surface area contributed by atoms with E-state index in [4.69, 9.17) is 4.98 Å². The van der Waals surface area contributed by atoms with E-state index in [1.54, 1.807) is 22.3 Å². The maximum absolute atomic E-state index is 5.03. The summed E-state index contributed by atoms with van der Waals surface area (Å²) in [6.45, 7) is 29.0. The molecule has 0 unspecified atom stereocenters. The minimum Gasteiger partial charge on any atom is -0.327 e.